The summed E-state index contributed by atoms with van der Waals surface area (Å²) in [5, 5.41) is 0. The number of hydrogen-bond acceptors (Lipinski definition) is 4. The Kier molecular flexibility index (Phi) is 6.13. The third-order valence-electron chi connectivity index (χ3n) is 5.97. The summed E-state index contributed by atoms with van der Waals surface area (Å²) in [6, 6.07) is 16.5. The molecule has 1 saturated heterocycles. The molecule has 3 unspecified atom stereocenters. The van der Waals surface area contributed by atoms with Crippen LogP contribution in [0.4, 0.5) is 4.39 Å². The number of ether oxygens (including phenoxy) is 1. The van der Waals surface area contributed by atoms with Crippen LogP contribution >= 0.6 is 0 Å². The maximum Gasteiger partial charge on any atom is 0.310 e. The molecule has 30 heavy (non-hydrogen) atoms. The molecular weight excluding hydrogens is 383 g/mol. The number of benzene rings is 2. The molecule has 6 heteroatoms. The average molecular weight is 410 g/mol. The van der Waals surface area contributed by atoms with Crippen molar-refractivity contribution < 1.29 is 18.7 Å². The maximum atomic E-state index is 13.1. The summed E-state index contributed by atoms with van der Waals surface area (Å²) in [6.07, 6.45) is -0.101. The fourth-order valence-electron chi connectivity index (χ4n) is 4.07. The van der Waals surface area contributed by atoms with Crippen LogP contribution < -0.4 is 0 Å². The summed E-state index contributed by atoms with van der Waals surface area (Å²) in [4.78, 5) is 29.3. The second-order valence-corrected chi connectivity index (χ2v) is 8.17. The highest BCUT2D eigenvalue weighted by molar-refractivity contribution is 5.85. The van der Waals surface area contributed by atoms with E-state index in [4.69, 9.17) is 4.74 Å². The fourth-order valence-corrected chi connectivity index (χ4v) is 4.07. The van der Waals surface area contributed by atoms with Gasteiger partial charge in [0.2, 0.25) is 0 Å². The third kappa shape index (κ3) is 4.87. The molecule has 1 amide bonds. The smallest absolute Gasteiger partial charge is 0.310 e. The Hall–Kier alpha value is -2.73. The first-order chi connectivity index (χ1) is 14.5. The van der Waals surface area contributed by atoms with E-state index in [1.54, 1.807) is 24.0 Å². The average Bonchev–Trinajstić information content (AvgIpc) is 3.56. The molecule has 2 aromatic rings. The number of halogens is 1. The van der Waals surface area contributed by atoms with Gasteiger partial charge in [-0.05, 0) is 42.5 Å². The molecular formula is C24H27FN2O3. The van der Waals surface area contributed by atoms with Crippen LogP contribution in [0.3, 0.4) is 0 Å². The lowest BCUT2D eigenvalue weighted by molar-refractivity contribution is -0.161. The lowest BCUT2D eigenvalue weighted by atomic mass is 10.1. The van der Waals surface area contributed by atoms with Crippen LogP contribution in [-0.4, -0.2) is 54.0 Å². The number of esters is 1. The number of carbonyl (C=O) groups excluding carboxylic acids is 2. The Morgan fingerprint density at radius 1 is 1.03 bits per heavy atom. The van der Waals surface area contributed by atoms with Gasteiger partial charge in [-0.3, -0.25) is 14.5 Å². The molecule has 0 aromatic heterocycles. The van der Waals surface area contributed by atoms with Crippen LogP contribution in [0.2, 0.25) is 0 Å². The van der Waals surface area contributed by atoms with Crippen LogP contribution in [0.1, 0.15) is 30.4 Å². The van der Waals surface area contributed by atoms with E-state index >= 15 is 0 Å². The second kappa shape index (κ2) is 8.96. The Morgan fingerprint density at radius 3 is 2.37 bits per heavy atom. The number of nitrogens with zero attached hydrogens (tertiary/aromatic N) is 2. The van der Waals surface area contributed by atoms with Gasteiger partial charge in [-0.15, -0.1) is 0 Å². The van der Waals surface area contributed by atoms with Gasteiger partial charge in [-0.2, -0.15) is 0 Å². The highest BCUT2D eigenvalue weighted by atomic mass is 19.1. The molecule has 0 N–H and O–H groups in total. The molecule has 0 radical (unpaired) electrons. The quantitative estimate of drug-likeness (QED) is 0.687. The van der Waals surface area contributed by atoms with Crippen molar-refractivity contribution in [2.45, 2.75) is 31.9 Å². The van der Waals surface area contributed by atoms with Crippen molar-refractivity contribution in [1.29, 1.82) is 0 Å². The molecule has 4 rings (SSSR count). The van der Waals surface area contributed by atoms with Crippen LogP contribution in [0, 0.1) is 11.7 Å². The van der Waals surface area contributed by atoms with Gasteiger partial charge >= 0.3 is 5.97 Å². The standard InChI is InChI=1S/C24H27FN2O3/c1-17(30-24(29)22-15-21(22)19-7-9-20(25)10-8-19)23(28)27-13-11-26(12-14-27)16-18-5-3-2-4-6-18/h2-10,17,21-22H,11-16H2,1H3. The summed E-state index contributed by atoms with van der Waals surface area (Å²) in [7, 11) is 0. The Bertz CT molecular complexity index is 879. The van der Waals surface area contributed by atoms with E-state index in [1.165, 1.54) is 17.7 Å². The topological polar surface area (TPSA) is 49.9 Å². The normalized spacial score (nSPS) is 22.4. The van der Waals surface area contributed by atoms with Crippen LogP contribution in [0.5, 0.6) is 0 Å². The van der Waals surface area contributed by atoms with E-state index in [0.29, 0.717) is 19.5 Å². The van der Waals surface area contributed by atoms with E-state index in [1.807, 2.05) is 18.2 Å². The first-order valence-corrected chi connectivity index (χ1v) is 10.5. The molecule has 1 saturated carbocycles. The molecule has 2 aromatic carbocycles. The van der Waals surface area contributed by atoms with E-state index < -0.39 is 6.10 Å². The Balaban J connectivity index is 1.22. The summed E-state index contributed by atoms with van der Waals surface area (Å²) >= 11 is 0. The van der Waals surface area contributed by atoms with Crippen LogP contribution in [-0.2, 0) is 20.9 Å². The summed E-state index contributed by atoms with van der Waals surface area (Å²) in [5.41, 5.74) is 2.20. The minimum Gasteiger partial charge on any atom is -0.452 e. The lowest BCUT2D eigenvalue weighted by Gasteiger charge is -2.35. The molecule has 1 aliphatic carbocycles. The minimum absolute atomic E-state index is 0.0573. The van der Waals surface area contributed by atoms with E-state index in [-0.39, 0.29) is 29.5 Å². The monoisotopic (exact) mass is 410 g/mol. The van der Waals surface area contributed by atoms with Gasteiger partial charge in [0.25, 0.3) is 5.91 Å². The van der Waals surface area contributed by atoms with Gasteiger partial charge in [0.05, 0.1) is 5.92 Å². The number of hydrogen-bond donors (Lipinski definition) is 0. The first kappa shape index (κ1) is 20.5. The number of carbonyl (C=O) groups is 2. The van der Waals surface area contributed by atoms with Gasteiger partial charge < -0.3 is 9.64 Å². The van der Waals surface area contributed by atoms with Gasteiger partial charge in [-0.1, -0.05) is 42.5 Å². The predicted molar refractivity (Wildman–Crippen MR) is 111 cm³/mol. The first-order valence-electron chi connectivity index (χ1n) is 10.5. The minimum atomic E-state index is -0.785. The van der Waals surface area contributed by atoms with Gasteiger partial charge in [0.1, 0.15) is 5.82 Å². The van der Waals surface area contributed by atoms with Crippen molar-refractivity contribution in [3.05, 3.63) is 71.5 Å². The molecule has 3 atom stereocenters. The maximum absolute atomic E-state index is 13.1. The van der Waals surface area contributed by atoms with Crippen molar-refractivity contribution in [3.63, 3.8) is 0 Å². The predicted octanol–water partition coefficient (Wildman–Crippen LogP) is 3.21. The summed E-state index contributed by atoms with van der Waals surface area (Å²) in [6.45, 7) is 5.39. The van der Waals surface area contributed by atoms with Crippen molar-refractivity contribution >= 4 is 11.9 Å². The van der Waals surface area contributed by atoms with Crippen molar-refractivity contribution in [3.8, 4) is 0 Å². The molecule has 2 fully saturated rings. The van der Waals surface area contributed by atoms with Crippen molar-refractivity contribution in [2.24, 2.45) is 5.92 Å². The zero-order valence-electron chi connectivity index (χ0n) is 17.2. The summed E-state index contributed by atoms with van der Waals surface area (Å²) < 4.78 is 18.5. The van der Waals surface area contributed by atoms with Crippen LogP contribution in [0.25, 0.3) is 0 Å². The SMILES string of the molecule is CC(OC(=O)C1CC1c1ccc(F)cc1)C(=O)N1CCN(Cc2ccccc2)CC1. The van der Waals surface area contributed by atoms with E-state index in [9.17, 15) is 14.0 Å². The highest BCUT2D eigenvalue weighted by Crippen LogP contribution is 2.48. The molecule has 5 nitrogen and oxygen atoms in total. The molecule has 1 heterocycles. The van der Waals surface area contributed by atoms with Gasteiger partial charge in [0, 0.05) is 32.7 Å². The Labute approximate surface area is 176 Å². The highest BCUT2D eigenvalue weighted by Gasteiger charge is 2.46. The van der Waals surface area contributed by atoms with Crippen molar-refractivity contribution in [1.82, 2.24) is 9.80 Å². The molecule has 0 spiro atoms. The number of amides is 1. The van der Waals surface area contributed by atoms with Gasteiger partial charge in [-0.25, -0.2) is 4.39 Å². The number of piperazine rings is 1. The molecule has 158 valence electrons. The third-order valence-corrected chi connectivity index (χ3v) is 5.97. The Morgan fingerprint density at radius 2 is 1.70 bits per heavy atom. The van der Waals surface area contributed by atoms with E-state index in [2.05, 4.69) is 17.0 Å². The van der Waals surface area contributed by atoms with Crippen molar-refractivity contribution in [2.75, 3.05) is 26.2 Å². The molecule has 0 bridgehead atoms. The molecule has 2 aliphatic rings. The fraction of sp³-hybridized carbons (Fsp3) is 0.417. The zero-order chi connectivity index (χ0) is 21.1. The lowest BCUT2D eigenvalue weighted by Crippen LogP contribution is -2.51. The number of rotatable bonds is 6. The largest absolute Gasteiger partial charge is 0.452 e. The molecule has 1 aliphatic heterocycles. The van der Waals surface area contributed by atoms with Gasteiger partial charge in [0.15, 0.2) is 6.10 Å². The summed E-state index contributed by atoms with van der Waals surface area (Å²) in [5.74, 6) is -0.952. The van der Waals surface area contributed by atoms with Crippen LogP contribution in [0.15, 0.2) is 54.6 Å². The zero-order valence-corrected chi connectivity index (χ0v) is 17.2. The van der Waals surface area contributed by atoms with E-state index in [0.717, 1.165) is 25.2 Å². The second-order valence-electron chi connectivity index (χ2n) is 8.17.